The van der Waals surface area contributed by atoms with E-state index in [4.69, 9.17) is 0 Å². The SMILES string of the molecule is C[C@H](Cc1cnccn1)N(C)Cc1cc(=O)n2nc(C3CC3)sc2n1. The van der Waals surface area contributed by atoms with Gasteiger partial charge in [0.2, 0.25) is 4.96 Å². The maximum Gasteiger partial charge on any atom is 0.275 e. The van der Waals surface area contributed by atoms with Gasteiger partial charge < -0.3 is 0 Å². The van der Waals surface area contributed by atoms with Gasteiger partial charge in [0.05, 0.1) is 11.4 Å². The summed E-state index contributed by atoms with van der Waals surface area (Å²) in [4.78, 5) is 28.3. The zero-order valence-electron chi connectivity index (χ0n) is 14.3. The van der Waals surface area contributed by atoms with Gasteiger partial charge >= 0.3 is 0 Å². The predicted molar refractivity (Wildman–Crippen MR) is 95.8 cm³/mol. The van der Waals surface area contributed by atoms with E-state index in [1.807, 2.05) is 7.05 Å². The summed E-state index contributed by atoms with van der Waals surface area (Å²) in [6, 6.07) is 1.86. The lowest BCUT2D eigenvalue weighted by molar-refractivity contribution is 0.244. The number of aromatic nitrogens is 5. The molecule has 3 aromatic rings. The standard InChI is InChI=1S/C17H20N6OS/c1-11(7-13-9-18-5-6-19-13)22(2)10-14-8-15(24)23-17(20-14)25-16(21-23)12-3-4-12/h5-6,8-9,11-12H,3-4,7,10H2,1-2H3/t11-/m1/s1. The Morgan fingerprint density at radius 1 is 1.36 bits per heavy atom. The smallest absolute Gasteiger partial charge is 0.275 e. The second kappa shape index (κ2) is 6.61. The van der Waals surface area contributed by atoms with Crippen LogP contribution in [0.3, 0.4) is 0 Å². The zero-order chi connectivity index (χ0) is 17.4. The van der Waals surface area contributed by atoms with E-state index in [-0.39, 0.29) is 11.6 Å². The van der Waals surface area contributed by atoms with Crippen LogP contribution in [-0.4, -0.2) is 42.6 Å². The first-order chi connectivity index (χ1) is 12.1. The van der Waals surface area contributed by atoms with E-state index in [0.717, 1.165) is 22.8 Å². The summed E-state index contributed by atoms with van der Waals surface area (Å²) in [5, 5.41) is 5.45. The molecule has 130 valence electrons. The topological polar surface area (TPSA) is 76.3 Å². The van der Waals surface area contributed by atoms with E-state index < -0.39 is 0 Å². The van der Waals surface area contributed by atoms with Crippen LogP contribution in [-0.2, 0) is 13.0 Å². The number of rotatable bonds is 6. The van der Waals surface area contributed by atoms with Crippen molar-refractivity contribution in [1.29, 1.82) is 0 Å². The number of fused-ring (bicyclic) bond motifs is 1. The fourth-order valence-corrected chi connectivity index (χ4v) is 3.84. The second-order valence-corrected chi connectivity index (χ2v) is 7.65. The van der Waals surface area contributed by atoms with Crippen LogP contribution in [0.25, 0.3) is 4.96 Å². The molecule has 0 N–H and O–H groups in total. The minimum absolute atomic E-state index is 0.0990. The molecule has 0 aromatic carbocycles. The second-order valence-electron chi connectivity index (χ2n) is 6.66. The molecule has 4 rings (SSSR count). The Labute approximate surface area is 149 Å². The highest BCUT2D eigenvalue weighted by Crippen LogP contribution is 2.41. The van der Waals surface area contributed by atoms with Gasteiger partial charge in [0.15, 0.2) is 0 Å². The number of hydrogen-bond acceptors (Lipinski definition) is 7. The molecule has 1 saturated carbocycles. The van der Waals surface area contributed by atoms with Crippen LogP contribution in [0.2, 0.25) is 0 Å². The van der Waals surface area contributed by atoms with Crippen LogP contribution in [0.5, 0.6) is 0 Å². The minimum atomic E-state index is -0.0990. The molecule has 0 bridgehead atoms. The predicted octanol–water partition coefficient (Wildman–Crippen LogP) is 1.88. The van der Waals surface area contributed by atoms with Gasteiger partial charge in [0.25, 0.3) is 5.56 Å². The highest BCUT2D eigenvalue weighted by molar-refractivity contribution is 7.16. The van der Waals surface area contributed by atoms with E-state index >= 15 is 0 Å². The van der Waals surface area contributed by atoms with Crippen LogP contribution in [0.4, 0.5) is 0 Å². The van der Waals surface area contributed by atoms with Crippen LogP contribution < -0.4 is 5.56 Å². The molecule has 8 heteroatoms. The summed E-state index contributed by atoms with van der Waals surface area (Å²) in [5.41, 5.74) is 1.64. The molecule has 0 radical (unpaired) electrons. The summed E-state index contributed by atoms with van der Waals surface area (Å²) in [7, 11) is 2.03. The average molecular weight is 356 g/mol. The van der Waals surface area contributed by atoms with Gasteiger partial charge in [-0.05, 0) is 26.8 Å². The molecule has 0 unspecified atom stereocenters. The Hall–Kier alpha value is -2.19. The zero-order valence-corrected chi connectivity index (χ0v) is 15.1. The first kappa shape index (κ1) is 16.3. The van der Waals surface area contributed by atoms with Gasteiger partial charge in [0.1, 0.15) is 5.01 Å². The van der Waals surface area contributed by atoms with Gasteiger partial charge in [-0.2, -0.15) is 9.61 Å². The summed E-state index contributed by atoms with van der Waals surface area (Å²) >= 11 is 1.54. The van der Waals surface area contributed by atoms with Crippen molar-refractivity contribution in [3.63, 3.8) is 0 Å². The lowest BCUT2D eigenvalue weighted by Crippen LogP contribution is -2.31. The van der Waals surface area contributed by atoms with Gasteiger partial charge in [-0.15, -0.1) is 0 Å². The Balaban J connectivity index is 1.50. The summed E-state index contributed by atoms with van der Waals surface area (Å²) < 4.78 is 1.44. The molecule has 25 heavy (non-hydrogen) atoms. The molecule has 3 aromatic heterocycles. The third-order valence-corrected chi connectivity index (χ3v) is 5.60. The molecule has 0 saturated heterocycles. The van der Waals surface area contributed by atoms with Crippen molar-refractivity contribution in [3.8, 4) is 0 Å². The number of likely N-dealkylation sites (N-methyl/N-ethyl adjacent to an activating group) is 1. The molecule has 0 spiro atoms. The van der Waals surface area contributed by atoms with E-state index in [0.29, 0.717) is 17.4 Å². The summed E-state index contributed by atoms with van der Waals surface area (Å²) in [6.45, 7) is 2.75. The highest BCUT2D eigenvalue weighted by Gasteiger charge is 2.28. The minimum Gasteiger partial charge on any atom is -0.297 e. The lowest BCUT2D eigenvalue weighted by Gasteiger charge is -2.23. The third kappa shape index (κ3) is 3.59. The van der Waals surface area contributed by atoms with Crippen LogP contribution in [0, 0.1) is 0 Å². The molecule has 1 aliphatic rings. The van der Waals surface area contributed by atoms with Crippen molar-refractivity contribution in [2.75, 3.05) is 7.05 Å². The van der Waals surface area contributed by atoms with Crippen molar-refractivity contribution in [3.05, 3.63) is 51.4 Å². The maximum atomic E-state index is 12.3. The quantitative estimate of drug-likeness (QED) is 0.671. The molecule has 1 fully saturated rings. The fourth-order valence-electron chi connectivity index (χ4n) is 2.75. The van der Waals surface area contributed by atoms with Crippen LogP contribution >= 0.6 is 11.3 Å². The third-order valence-electron chi connectivity index (χ3n) is 4.53. The molecular formula is C17H20N6OS. The van der Waals surface area contributed by atoms with Crippen molar-refractivity contribution in [2.24, 2.45) is 0 Å². The molecule has 1 atom stereocenters. The first-order valence-electron chi connectivity index (χ1n) is 8.45. The van der Waals surface area contributed by atoms with E-state index in [1.54, 1.807) is 24.7 Å². The molecule has 0 aliphatic heterocycles. The van der Waals surface area contributed by atoms with Gasteiger partial charge in [0, 0.05) is 49.6 Å². The van der Waals surface area contributed by atoms with Gasteiger partial charge in [-0.25, -0.2) is 4.98 Å². The molecule has 1 aliphatic carbocycles. The Morgan fingerprint density at radius 3 is 2.92 bits per heavy atom. The Kier molecular flexibility index (Phi) is 4.30. The highest BCUT2D eigenvalue weighted by atomic mass is 32.1. The normalized spacial score (nSPS) is 15.8. The van der Waals surface area contributed by atoms with E-state index in [9.17, 15) is 4.79 Å². The van der Waals surface area contributed by atoms with E-state index in [2.05, 4.69) is 31.9 Å². The maximum absolute atomic E-state index is 12.3. The van der Waals surface area contributed by atoms with Crippen molar-refractivity contribution >= 4 is 16.3 Å². The molecular weight excluding hydrogens is 336 g/mol. The molecule has 0 amide bonds. The Morgan fingerprint density at radius 2 is 2.20 bits per heavy atom. The summed E-state index contributed by atoms with van der Waals surface area (Å²) in [5.74, 6) is 0.532. The number of hydrogen-bond donors (Lipinski definition) is 0. The van der Waals surface area contributed by atoms with E-state index in [1.165, 1.54) is 28.7 Å². The first-order valence-corrected chi connectivity index (χ1v) is 9.26. The Bertz CT molecular complexity index is 933. The van der Waals surface area contributed by atoms with Crippen LogP contribution in [0.15, 0.2) is 29.5 Å². The number of nitrogens with zero attached hydrogens (tertiary/aromatic N) is 6. The molecule has 7 nitrogen and oxygen atoms in total. The molecule has 3 heterocycles. The monoisotopic (exact) mass is 356 g/mol. The van der Waals surface area contributed by atoms with Crippen molar-refractivity contribution in [1.82, 2.24) is 29.5 Å². The van der Waals surface area contributed by atoms with Crippen molar-refractivity contribution < 1.29 is 0 Å². The van der Waals surface area contributed by atoms with Crippen molar-refractivity contribution in [2.45, 2.75) is 44.7 Å². The largest absolute Gasteiger partial charge is 0.297 e. The van der Waals surface area contributed by atoms with Gasteiger partial charge in [-0.1, -0.05) is 11.3 Å². The lowest BCUT2D eigenvalue weighted by atomic mass is 10.1. The van der Waals surface area contributed by atoms with Crippen LogP contribution in [0.1, 0.15) is 42.1 Å². The van der Waals surface area contributed by atoms with Gasteiger partial charge in [-0.3, -0.25) is 19.7 Å². The average Bonchev–Trinajstić information content (AvgIpc) is 3.35. The fraction of sp³-hybridized carbons (Fsp3) is 0.471. The summed E-state index contributed by atoms with van der Waals surface area (Å²) in [6.07, 6.45) is 8.32.